The van der Waals surface area contributed by atoms with Crippen LogP contribution in [0.25, 0.3) is 0 Å². The summed E-state index contributed by atoms with van der Waals surface area (Å²) in [5.41, 5.74) is 2.16. The van der Waals surface area contributed by atoms with E-state index in [1.807, 2.05) is 17.0 Å². The maximum absolute atomic E-state index is 12.3. The summed E-state index contributed by atoms with van der Waals surface area (Å²) in [6.07, 6.45) is 3.01. The van der Waals surface area contributed by atoms with Gasteiger partial charge in [-0.05, 0) is 56.1 Å². The molecule has 0 unspecified atom stereocenters. The highest BCUT2D eigenvalue weighted by molar-refractivity contribution is 9.10. The Morgan fingerprint density at radius 2 is 2.05 bits per heavy atom. The minimum Gasteiger partial charge on any atom is -0.321 e. The molecule has 1 aromatic carbocycles. The molecule has 2 aliphatic rings. The molecule has 0 spiro atoms. The van der Waals surface area contributed by atoms with Crippen molar-refractivity contribution < 1.29 is 4.79 Å². The van der Waals surface area contributed by atoms with Crippen molar-refractivity contribution in [2.75, 3.05) is 25.0 Å². The number of nitrogens with one attached hydrogen (secondary N) is 2. The average molecular weight is 324 g/mol. The van der Waals surface area contributed by atoms with Crippen molar-refractivity contribution in [3.05, 3.63) is 28.2 Å². The summed E-state index contributed by atoms with van der Waals surface area (Å²) >= 11 is 3.49. The van der Waals surface area contributed by atoms with Crippen molar-refractivity contribution >= 4 is 27.6 Å². The van der Waals surface area contributed by atoms with E-state index in [1.165, 1.54) is 5.56 Å². The van der Waals surface area contributed by atoms with Gasteiger partial charge in [0.15, 0.2) is 0 Å². The van der Waals surface area contributed by atoms with Crippen LogP contribution >= 0.6 is 15.9 Å². The van der Waals surface area contributed by atoms with Gasteiger partial charge in [0.05, 0.1) is 0 Å². The van der Waals surface area contributed by atoms with E-state index in [4.69, 9.17) is 0 Å². The van der Waals surface area contributed by atoms with E-state index in [0.29, 0.717) is 6.04 Å². The molecular formula is C14H18BrN3O. The molecule has 0 radical (unpaired) electrons. The lowest BCUT2D eigenvalue weighted by Crippen LogP contribution is -2.47. The van der Waals surface area contributed by atoms with Crippen molar-refractivity contribution in [3.8, 4) is 0 Å². The van der Waals surface area contributed by atoms with Crippen LogP contribution in [0.15, 0.2) is 22.7 Å². The Kier molecular flexibility index (Phi) is 3.75. The predicted octanol–water partition coefficient (Wildman–Crippen LogP) is 2.59. The molecule has 2 heterocycles. The van der Waals surface area contributed by atoms with Crippen molar-refractivity contribution in [1.82, 2.24) is 10.2 Å². The van der Waals surface area contributed by atoms with Gasteiger partial charge in [-0.3, -0.25) is 0 Å². The van der Waals surface area contributed by atoms with Crippen LogP contribution in [0.1, 0.15) is 18.4 Å². The van der Waals surface area contributed by atoms with Crippen LogP contribution in [0, 0.1) is 0 Å². The van der Waals surface area contributed by atoms with Gasteiger partial charge in [-0.1, -0.05) is 15.9 Å². The van der Waals surface area contributed by atoms with Gasteiger partial charge in [0, 0.05) is 22.7 Å². The highest BCUT2D eigenvalue weighted by atomic mass is 79.9. The number of amides is 2. The number of carbonyl (C=O) groups is 1. The van der Waals surface area contributed by atoms with E-state index < -0.39 is 0 Å². The number of anilines is 1. The molecule has 2 amide bonds. The van der Waals surface area contributed by atoms with E-state index in [1.54, 1.807) is 0 Å². The highest BCUT2D eigenvalue weighted by Gasteiger charge is 2.27. The SMILES string of the molecule is O=C1Nc2ccc(Br)cc2CCN1C1CCNCC1. The number of rotatable bonds is 1. The Morgan fingerprint density at radius 1 is 1.26 bits per heavy atom. The zero-order valence-electron chi connectivity index (χ0n) is 10.8. The first kappa shape index (κ1) is 12.9. The number of nitrogens with zero attached hydrogens (tertiary/aromatic N) is 1. The molecule has 1 fully saturated rings. The third-order valence-electron chi connectivity index (χ3n) is 3.94. The minimum absolute atomic E-state index is 0.0490. The van der Waals surface area contributed by atoms with E-state index in [9.17, 15) is 4.79 Å². The fraction of sp³-hybridized carbons (Fsp3) is 0.500. The smallest absolute Gasteiger partial charge is 0.321 e. The van der Waals surface area contributed by atoms with Crippen LogP contribution in [0.3, 0.4) is 0 Å². The van der Waals surface area contributed by atoms with Gasteiger partial charge >= 0.3 is 6.03 Å². The Labute approximate surface area is 121 Å². The van der Waals surface area contributed by atoms with E-state index in [-0.39, 0.29) is 6.03 Å². The van der Waals surface area contributed by atoms with Gasteiger partial charge in [0.25, 0.3) is 0 Å². The molecule has 19 heavy (non-hydrogen) atoms. The molecule has 2 N–H and O–H groups in total. The zero-order chi connectivity index (χ0) is 13.2. The molecular weight excluding hydrogens is 306 g/mol. The molecule has 0 saturated carbocycles. The normalized spacial score (nSPS) is 20.7. The predicted molar refractivity (Wildman–Crippen MR) is 79.5 cm³/mol. The second kappa shape index (κ2) is 5.51. The van der Waals surface area contributed by atoms with Crippen molar-refractivity contribution in [2.24, 2.45) is 0 Å². The number of hydrogen-bond acceptors (Lipinski definition) is 2. The van der Waals surface area contributed by atoms with E-state index in [2.05, 4.69) is 32.6 Å². The maximum atomic E-state index is 12.3. The van der Waals surface area contributed by atoms with Crippen LogP contribution in [-0.2, 0) is 6.42 Å². The summed E-state index contributed by atoms with van der Waals surface area (Å²) in [4.78, 5) is 14.4. The molecule has 0 atom stereocenters. The standard InChI is InChI=1S/C14H18BrN3O/c15-11-1-2-13-10(9-11)5-8-18(14(19)17-13)12-3-6-16-7-4-12/h1-2,9,12,16H,3-8H2,(H,17,19). The van der Waals surface area contributed by atoms with Crippen molar-refractivity contribution in [2.45, 2.75) is 25.3 Å². The Balaban J connectivity index is 1.79. The monoisotopic (exact) mass is 323 g/mol. The molecule has 4 nitrogen and oxygen atoms in total. The Hall–Kier alpha value is -1.07. The summed E-state index contributed by atoms with van der Waals surface area (Å²) in [6, 6.07) is 6.47. The van der Waals surface area contributed by atoms with Gasteiger partial charge in [0.1, 0.15) is 0 Å². The molecule has 2 aliphatic heterocycles. The molecule has 0 aliphatic carbocycles. The molecule has 3 rings (SSSR count). The third-order valence-corrected chi connectivity index (χ3v) is 4.43. The quantitative estimate of drug-likeness (QED) is 0.834. The minimum atomic E-state index is 0.0490. The summed E-state index contributed by atoms with van der Waals surface area (Å²) in [6.45, 7) is 2.82. The first-order valence-corrected chi connectivity index (χ1v) is 7.60. The number of fused-ring (bicyclic) bond motifs is 1. The summed E-state index contributed by atoms with van der Waals surface area (Å²) in [5.74, 6) is 0. The van der Waals surface area contributed by atoms with Gasteiger partial charge < -0.3 is 15.5 Å². The van der Waals surface area contributed by atoms with E-state index in [0.717, 1.165) is 49.1 Å². The fourth-order valence-electron chi connectivity index (χ4n) is 2.89. The number of benzene rings is 1. The number of piperidine rings is 1. The Morgan fingerprint density at radius 3 is 2.84 bits per heavy atom. The van der Waals surface area contributed by atoms with Crippen LogP contribution in [0.5, 0.6) is 0 Å². The maximum Gasteiger partial charge on any atom is 0.322 e. The number of halogens is 1. The number of urea groups is 1. The summed E-state index contributed by atoms with van der Waals surface area (Å²) in [5, 5.41) is 6.39. The van der Waals surface area contributed by atoms with Gasteiger partial charge in [0.2, 0.25) is 0 Å². The zero-order valence-corrected chi connectivity index (χ0v) is 12.4. The first-order chi connectivity index (χ1) is 9.24. The lowest BCUT2D eigenvalue weighted by atomic mass is 10.0. The molecule has 5 heteroatoms. The topological polar surface area (TPSA) is 44.4 Å². The molecule has 0 aromatic heterocycles. The van der Waals surface area contributed by atoms with Crippen LogP contribution in [-0.4, -0.2) is 36.6 Å². The summed E-state index contributed by atoms with van der Waals surface area (Å²) < 4.78 is 1.07. The molecule has 102 valence electrons. The largest absolute Gasteiger partial charge is 0.322 e. The van der Waals surface area contributed by atoms with Crippen LogP contribution < -0.4 is 10.6 Å². The second-order valence-electron chi connectivity index (χ2n) is 5.16. The van der Waals surface area contributed by atoms with Gasteiger partial charge in [-0.2, -0.15) is 0 Å². The van der Waals surface area contributed by atoms with Gasteiger partial charge in [-0.15, -0.1) is 0 Å². The molecule has 1 aromatic rings. The van der Waals surface area contributed by atoms with Crippen LogP contribution in [0.2, 0.25) is 0 Å². The molecule has 0 bridgehead atoms. The number of hydrogen-bond donors (Lipinski definition) is 2. The molecule has 1 saturated heterocycles. The van der Waals surface area contributed by atoms with Crippen LogP contribution in [0.4, 0.5) is 10.5 Å². The average Bonchev–Trinajstić information content (AvgIpc) is 2.58. The lowest BCUT2D eigenvalue weighted by Gasteiger charge is -2.33. The Bertz CT molecular complexity index is 486. The second-order valence-corrected chi connectivity index (χ2v) is 6.07. The number of carbonyl (C=O) groups excluding carboxylic acids is 1. The lowest BCUT2D eigenvalue weighted by molar-refractivity contribution is 0.173. The first-order valence-electron chi connectivity index (χ1n) is 6.81. The van der Waals surface area contributed by atoms with Crippen molar-refractivity contribution in [1.29, 1.82) is 0 Å². The van der Waals surface area contributed by atoms with E-state index >= 15 is 0 Å². The van der Waals surface area contributed by atoms with Crippen molar-refractivity contribution in [3.63, 3.8) is 0 Å². The fourth-order valence-corrected chi connectivity index (χ4v) is 3.30. The highest BCUT2D eigenvalue weighted by Crippen LogP contribution is 2.26. The summed E-state index contributed by atoms with van der Waals surface area (Å²) in [7, 11) is 0. The third kappa shape index (κ3) is 2.77. The van der Waals surface area contributed by atoms with Gasteiger partial charge in [-0.25, -0.2) is 4.79 Å².